The Morgan fingerprint density at radius 2 is 0.981 bits per heavy atom. The molecule has 0 aliphatic heterocycles. The number of rotatable bonds is 4. The molecular weight excluding hydrogens is 763 g/mol. The van der Waals surface area contributed by atoms with Gasteiger partial charge >= 0.3 is 321 Å². The molecule has 6 rings (SSSR count). The van der Waals surface area contributed by atoms with Crippen molar-refractivity contribution in [2.24, 2.45) is 5.92 Å². The summed E-state index contributed by atoms with van der Waals surface area (Å²) >= 11 is -2.96. The van der Waals surface area contributed by atoms with Crippen molar-refractivity contribution in [3.63, 3.8) is 0 Å². The molecule has 0 saturated carbocycles. The van der Waals surface area contributed by atoms with Gasteiger partial charge in [0, 0.05) is 0 Å². The van der Waals surface area contributed by atoms with Gasteiger partial charge < -0.3 is 24.8 Å². The van der Waals surface area contributed by atoms with E-state index in [1.165, 1.54) is 61.2 Å². The normalized spacial score (nSPS) is 15.5. The van der Waals surface area contributed by atoms with E-state index in [4.69, 9.17) is 0 Å². The number of hydrogen-bond donors (Lipinski definition) is 0. The zero-order valence-electron chi connectivity index (χ0n) is 35.1. The summed E-state index contributed by atoms with van der Waals surface area (Å²) in [6.07, 6.45) is 3.57. The molecule has 0 heterocycles. The van der Waals surface area contributed by atoms with Gasteiger partial charge in [-0.1, -0.05) is 0 Å². The molecule has 4 aromatic rings. The molecule has 0 spiro atoms. The maximum atomic E-state index is 2.69. The van der Waals surface area contributed by atoms with Crippen LogP contribution in [0.25, 0.3) is 11.1 Å². The molecule has 0 saturated heterocycles. The summed E-state index contributed by atoms with van der Waals surface area (Å²) in [5.74, 6) is 0.433. The van der Waals surface area contributed by atoms with Crippen molar-refractivity contribution in [2.45, 2.75) is 132 Å². The van der Waals surface area contributed by atoms with E-state index in [0.29, 0.717) is 5.92 Å². The molecule has 2 aliphatic rings. The van der Waals surface area contributed by atoms with E-state index in [2.05, 4.69) is 189 Å². The van der Waals surface area contributed by atoms with E-state index in [0.717, 1.165) is 6.42 Å². The fraction of sp³-hybridized carbons (Fsp3) is 0.420. The van der Waals surface area contributed by atoms with Crippen molar-refractivity contribution in [1.29, 1.82) is 0 Å². The standard InChI is InChI=1S/C21H25.C21H26.C8H11.2ClH.Zr/c1-20(2,3)16-9-7-14-11-15-8-10-17(21(4,5)6)13-19(15)18(14)12-16;1-20(2,3)18-11-7-16(8-12-18)15-17-9-13-19(14-10-17)21(4,5)6;1-6-4-7(2)8(3)5-6;;;/h7,9-10,12-13H,11H2,1-6H3;7-14H,1-6H3;4,6H,1-3H3;2*1H;/q;;;;;+2/p-2. The van der Waals surface area contributed by atoms with Crippen molar-refractivity contribution in [2.75, 3.05) is 0 Å². The van der Waals surface area contributed by atoms with Gasteiger partial charge in [-0.25, -0.2) is 0 Å². The van der Waals surface area contributed by atoms with E-state index < -0.39 is 21.3 Å². The summed E-state index contributed by atoms with van der Waals surface area (Å²) in [6.45, 7) is 35.4. The van der Waals surface area contributed by atoms with Crippen LogP contribution in [0.3, 0.4) is 0 Å². The van der Waals surface area contributed by atoms with Gasteiger partial charge in [0.15, 0.2) is 0 Å². The fourth-order valence-corrected chi connectivity index (χ4v) is 17.1. The van der Waals surface area contributed by atoms with E-state index >= 15 is 0 Å². The molecule has 1 atom stereocenters. The van der Waals surface area contributed by atoms with Crippen LogP contribution in [0, 0.1) is 5.92 Å². The molecule has 3 heteroatoms. The van der Waals surface area contributed by atoms with Gasteiger partial charge in [0.05, 0.1) is 0 Å². The van der Waals surface area contributed by atoms with Gasteiger partial charge in [-0.3, -0.25) is 0 Å². The van der Waals surface area contributed by atoms with Crippen LogP contribution in [0.4, 0.5) is 0 Å². The Morgan fingerprint density at radius 3 is 1.40 bits per heavy atom. The second kappa shape index (κ2) is 15.3. The average molecular weight is 825 g/mol. The summed E-state index contributed by atoms with van der Waals surface area (Å²) in [4.78, 5) is 0. The van der Waals surface area contributed by atoms with Crippen LogP contribution in [0.2, 0.25) is 0 Å². The smallest absolute Gasteiger partial charge is 1.00 e. The first-order valence-electron chi connectivity index (χ1n) is 19.2. The average Bonchev–Trinajstić information content (AvgIpc) is 3.52. The van der Waals surface area contributed by atoms with E-state index in [1.54, 1.807) is 15.3 Å². The van der Waals surface area contributed by atoms with Crippen molar-refractivity contribution in [3.05, 3.63) is 144 Å². The molecule has 2 aliphatic carbocycles. The second-order valence-electron chi connectivity index (χ2n) is 19.7. The van der Waals surface area contributed by atoms with Crippen LogP contribution in [0.1, 0.15) is 148 Å². The summed E-state index contributed by atoms with van der Waals surface area (Å²) < 4.78 is 5.03. The van der Waals surface area contributed by atoms with Gasteiger partial charge in [0.25, 0.3) is 0 Å². The Kier molecular flexibility index (Phi) is 12.6. The van der Waals surface area contributed by atoms with Crippen LogP contribution in [-0.2, 0) is 49.3 Å². The number of allylic oxidation sites excluding steroid dienone is 4. The van der Waals surface area contributed by atoms with E-state index in [-0.39, 0.29) is 46.5 Å². The second-order valence-corrected chi connectivity index (χ2v) is 25.4. The molecule has 53 heavy (non-hydrogen) atoms. The van der Waals surface area contributed by atoms with E-state index in [9.17, 15) is 0 Å². The van der Waals surface area contributed by atoms with E-state index in [1.807, 2.05) is 0 Å². The molecule has 280 valence electrons. The largest absolute Gasteiger partial charge is 1.00 e. The molecule has 0 N–H and O–H groups in total. The Labute approximate surface area is 343 Å². The number of fused-ring (bicyclic) bond motifs is 3. The molecule has 0 radical (unpaired) electrons. The topological polar surface area (TPSA) is 0 Å². The van der Waals surface area contributed by atoms with Crippen molar-refractivity contribution in [1.82, 2.24) is 0 Å². The number of benzene rings is 4. The van der Waals surface area contributed by atoms with Crippen LogP contribution < -0.4 is 28.1 Å². The van der Waals surface area contributed by atoms with Gasteiger partial charge in [-0.05, 0) is 0 Å². The van der Waals surface area contributed by atoms with Crippen molar-refractivity contribution < 1.29 is 46.1 Å². The summed E-state index contributed by atoms with van der Waals surface area (Å²) in [5, 5.41) is 0. The van der Waals surface area contributed by atoms with Crippen LogP contribution in [0.5, 0.6) is 0 Å². The summed E-state index contributed by atoms with van der Waals surface area (Å²) in [5.41, 5.74) is 17.8. The van der Waals surface area contributed by atoms with Crippen LogP contribution in [0.15, 0.2) is 99.4 Å². The zero-order valence-corrected chi connectivity index (χ0v) is 39.1. The van der Waals surface area contributed by atoms with Crippen molar-refractivity contribution in [3.8, 4) is 11.1 Å². The Hall–Kier alpha value is -2.31. The molecule has 0 aromatic heterocycles. The predicted molar refractivity (Wildman–Crippen MR) is 221 cm³/mol. The minimum atomic E-state index is -2.96. The maximum Gasteiger partial charge on any atom is -1.00 e. The minimum absolute atomic E-state index is 0. The maximum absolute atomic E-state index is 2.96. The fourth-order valence-electron chi connectivity index (χ4n) is 8.09. The third-order valence-electron chi connectivity index (χ3n) is 11.6. The molecular formula is C50H62Cl2Zr. The van der Waals surface area contributed by atoms with Gasteiger partial charge in [0.1, 0.15) is 0 Å². The summed E-state index contributed by atoms with van der Waals surface area (Å²) in [6, 6.07) is 32.1. The third-order valence-corrected chi connectivity index (χ3v) is 20.0. The quantitative estimate of drug-likeness (QED) is 0.187. The number of hydrogen-bond acceptors (Lipinski definition) is 0. The first kappa shape index (κ1) is 43.4. The van der Waals surface area contributed by atoms with Crippen LogP contribution >= 0.6 is 0 Å². The first-order chi connectivity index (χ1) is 23.6. The van der Waals surface area contributed by atoms with Gasteiger partial charge in [0.2, 0.25) is 0 Å². The minimum Gasteiger partial charge on any atom is -1.00 e. The SMILES string of the molecule is CC1=CC(C)[C]([Zr+2](=[C](c2ccc(C(C)(C)C)cc2)c2ccc(C(C)(C)C)cc2)[c]2cc(C(C)(C)C)cc3c2Cc2ccc(C(C)(C)C)cc2-3)=C1C.[Cl-].[Cl-]. The predicted octanol–water partition coefficient (Wildman–Crippen LogP) is 6.84. The molecule has 4 aromatic carbocycles. The van der Waals surface area contributed by atoms with Crippen molar-refractivity contribution >= 4 is 6.48 Å². The molecule has 0 fully saturated rings. The number of halogens is 2. The summed E-state index contributed by atoms with van der Waals surface area (Å²) in [7, 11) is 0. The Bertz CT molecular complexity index is 2030. The Morgan fingerprint density at radius 1 is 0.547 bits per heavy atom. The Balaban J connectivity index is 0.00000314. The molecule has 0 amide bonds. The monoisotopic (exact) mass is 822 g/mol. The van der Waals surface area contributed by atoms with Gasteiger partial charge in [-0.2, -0.15) is 0 Å². The third kappa shape index (κ3) is 8.59. The first-order valence-corrected chi connectivity index (χ1v) is 22.9. The molecule has 0 bridgehead atoms. The van der Waals surface area contributed by atoms with Crippen LogP contribution in [-0.4, -0.2) is 3.21 Å². The van der Waals surface area contributed by atoms with Gasteiger partial charge in [-0.15, -0.1) is 0 Å². The zero-order chi connectivity index (χ0) is 37.4. The molecule has 0 nitrogen and oxygen atoms in total. The molecule has 1 unspecified atom stereocenters.